The standard InChI is InChI=1S/C24H25ClFN5O3.C4H4O4/c1-31(2)8-3-4-23(32)30-21-11-17-20(12-22(21)34-16-7-9-33-13-16)27-14-28-24(17)29-15-5-6-19(26)18(25)10-15;5-3(6)1-2-4(7)8/h3-6,10-12,14,16H,7-9,13H2,1-2H3,(H,30,32)(H,27,28,29);1-2H,(H,5,6)(H,7,8)/b4-3+;2-1-/t16-;/m0./s1. The molecule has 1 amide bonds. The zero-order valence-corrected chi connectivity index (χ0v) is 23.5. The summed E-state index contributed by atoms with van der Waals surface area (Å²) < 4.78 is 25.1. The van der Waals surface area contributed by atoms with Crippen LogP contribution in [0.15, 0.2) is 61.0 Å². The number of carbonyl (C=O) groups excluding carboxylic acids is 1. The van der Waals surface area contributed by atoms with Gasteiger partial charge in [-0.25, -0.2) is 23.9 Å². The van der Waals surface area contributed by atoms with Crippen LogP contribution in [0.1, 0.15) is 6.42 Å². The maximum atomic E-state index is 13.6. The molecular formula is C28H29ClFN5O7. The number of carboxylic acid groups (broad SMARTS) is 2. The van der Waals surface area contributed by atoms with Crippen LogP contribution in [0.25, 0.3) is 10.9 Å². The number of amides is 1. The molecule has 14 heteroatoms. The lowest BCUT2D eigenvalue weighted by atomic mass is 10.1. The Morgan fingerprint density at radius 2 is 1.88 bits per heavy atom. The number of nitrogens with zero attached hydrogens (tertiary/aromatic N) is 3. The molecule has 0 spiro atoms. The summed E-state index contributed by atoms with van der Waals surface area (Å²) >= 11 is 5.91. The number of nitrogens with one attached hydrogen (secondary N) is 2. The van der Waals surface area contributed by atoms with Gasteiger partial charge in [-0.15, -0.1) is 0 Å². The molecule has 222 valence electrons. The minimum absolute atomic E-state index is 0.00436. The van der Waals surface area contributed by atoms with Crippen molar-refractivity contribution in [3.05, 3.63) is 71.8 Å². The number of hydrogen-bond acceptors (Lipinski definition) is 9. The van der Waals surface area contributed by atoms with Crippen LogP contribution in [0.2, 0.25) is 5.02 Å². The molecule has 0 aliphatic carbocycles. The molecular weight excluding hydrogens is 573 g/mol. The number of fused-ring (bicyclic) bond motifs is 1. The summed E-state index contributed by atoms with van der Waals surface area (Å²) in [6.07, 6.45) is 6.43. The summed E-state index contributed by atoms with van der Waals surface area (Å²) in [5.74, 6) is -2.34. The molecule has 1 aliphatic heterocycles. The Bertz CT molecular complexity index is 1480. The zero-order valence-electron chi connectivity index (χ0n) is 22.7. The first-order valence-electron chi connectivity index (χ1n) is 12.5. The van der Waals surface area contributed by atoms with Crippen molar-refractivity contribution in [2.75, 3.05) is 44.5 Å². The van der Waals surface area contributed by atoms with Crippen LogP contribution in [0.5, 0.6) is 5.75 Å². The van der Waals surface area contributed by atoms with E-state index in [1.54, 1.807) is 24.3 Å². The lowest BCUT2D eigenvalue weighted by Crippen LogP contribution is -2.18. The largest absolute Gasteiger partial charge is 0.486 e. The van der Waals surface area contributed by atoms with Gasteiger partial charge >= 0.3 is 11.9 Å². The van der Waals surface area contributed by atoms with E-state index in [0.29, 0.717) is 65.8 Å². The second-order valence-electron chi connectivity index (χ2n) is 9.11. The summed E-state index contributed by atoms with van der Waals surface area (Å²) in [6.45, 7) is 1.75. The number of anilines is 3. The number of hydrogen-bond donors (Lipinski definition) is 4. The number of likely N-dealkylation sites (N-methyl/N-ethyl adjacent to an activating group) is 1. The Morgan fingerprint density at radius 1 is 1.14 bits per heavy atom. The summed E-state index contributed by atoms with van der Waals surface area (Å²) in [7, 11) is 3.84. The Morgan fingerprint density at radius 3 is 2.50 bits per heavy atom. The van der Waals surface area contributed by atoms with Gasteiger partial charge in [0, 0.05) is 48.3 Å². The second-order valence-corrected chi connectivity index (χ2v) is 9.52. The Balaban J connectivity index is 0.000000531. The molecule has 0 radical (unpaired) electrons. The lowest BCUT2D eigenvalue weighted by molar-refractivity contribution is -0.134. The van der Waals surface area contributed by atoms with E-state index in [0.717, 1.165) is 6.42 Å². The first kappa shape index (κ1) is 31.9. The molecule has 4 N–H and O–H groups in total. The summed E-state index contributed by atoms with van der Waals surface area (Å²) in [5.41, 5.74) is 1.65. The second kappa shape index (κ2) is 15.4. The van der Waals surface area contributed by atoms with Gasteiger partial charge in [0.1, 0.15) is 29.8 Å². The normalized spacial score (nSPS) is 14.6. The number of rotatable bonds is 10. The Hall–Kier alpha value is -4.59. The topological polar surface area (TPSA) is 163 Å². The SMILES string of the molecule is CN(C)C/C=C/C(=O)Nc1cc2c(Nc3ccc(F)c(Cl)c3)ncnc2cc1O[C@H]1CCOC1.O=C(O)/C=C\C(=O)O. The molecule has 2 aromatic carbocycles. The van der Waals surface area contributed by atoms with Gasteiger partial charge in [0.2, 0.25) is 5.91 Å². The molecule has 1 fully saturated rings. The Labute approximate surface area is 245 Å². The van der Waals surface area contributed by atoms with E-state index in [1.807, 2.05) is 19.0 Å². The Kier molecular flexibility index (Phi) is 11.7. The van der Waals surface area contributed by atoms with Crippen LogP contribution < -0.4 is 15.4 Å². The molecule has 1 atom stereocenters. The molecule has 1 aliphatic rings. The van der Waals surface area contributed by atoms with E-state index in [1.165, 1.54) is 24.5 Å². The van der Waals surface area contributed by atoms with Gasteiger partial charge in [0.15, 0.2) is 0 Å². The highest BCUT2D eigenvalue weighted by atomic mass is 35.5. The molecule has 42 heavy (non-hydrogen) atoms. The van der Waals surface area contributed by atoms with Crippen molar-refractivity contribution < 1.29 is 38.5 Å². The van der Waals surface area contributed by atoms with Crippen molar-refractivity contribution in [1.82, 2.24) is 14.9 Å². The van der Waals surface area contributed by atoms with Crippen LogP contribution in [0, 0.1) is 5.82 Å². The van der Waals surface area contributed by atoms with Crippen molar-refractivity contribution >= 4 is 57.5 Å². The molecule has 1 aromatic heterocycles. The van der Waals surface area contributed by atoms with E-state index < -0.39 is 17.8 Å². The van der Waals surface area contributed by atoms with Crippen LogP contribution >= 0.6 is 11.6 Å². The fraction of sp³-hybridized carbons (Fsp3) is 0.250. The predicted octanol–water partition coefficient (Wildman–Crippen LogP) is 4.10. The molecule has 4 rings (SSSR count). The minimum Gasteiger partial charge on any atom is -0.486 e. The van der Waals surface area contributed by atoms with Gasteiger partial charge in [-0.3, -0.25) is 4.79 Å². The monoisotopic (exact) mass is 601 g/mol. The number of ether oxygens (including phenoxy) is 2. The number of carboxylic acids is 2. The van der Waals surface area contributed by atoms with Gasteiger partial charge < -0.3 is 35.2 Å². The van der Waals surface area contributed by atoms with Gasteiger partial charge in [0.05, 0.1) is 29.4 Å². The number of benzene rings is 2. The van der Waals surface area contributed by atoms with E-state index in [2.05, 4.69) is 20.6 Å². The van der Waals surface area contributed by atoms with E-state index in [-0.39, 0.29) is 17.0 Å². The number of halogens is 2. The van der Waals surface area contributed by atoms with Crippen molar-refractivity contribution in [3.63, 3.8) is 0 Å². The van der Waals surface area contributed by atoms with Crippen molar-refractivity contribution in [2.24, 2.45) is 0 Å². The van der Waals surface area contributed by atoms with Gasteiger partial charge in [-0.05, 0) is 38.4 Å². The molecule has 0 unspecified atom stereocenters. The fourth-order valence-electron chi connectivity index (χ4n) is 3.56. The highest BCUT2D eigenvalue weighted by molar-refractivity contribution is 6.31. The highest BCUT2D eigenvalue weighted by Gasteiger charge is 2.21. The van der Waals surface area contributed by atoms with Gasteiger partial charge in [0.25, 0.3) is 0 Å². The highest BCUT2D eigenvalue weighted by Crippen LogP contribution is 2.35. The molecule has 3 aromatic rings. The smallest absolute Gasteiger partial charge is 0.328 e. The summed E-state index contributed by atoms with van der Waals surface area (Å²) in [5, 5.41) is 22.3. The summed E-state index contributed by atoms with van der Waals surface area (Å²) in [4.78, 5) is 42.3. The molecule has 1 saturated heterocycles. The third kappa shape index (κ3) is 10.1. The van der Waals surface area contributed by atoms with Crippen LogP contribution in [0.3, 0.4) is 0 Å². The molecule has 2 heterocycles. The van der Waals surface area contributed by atoms with Crippen molar-refractivity contribution in [3.8, 4) is 5.75 Å². The lowest BCUT2D eigenvalue weighted by Gasteiger charge is -2.17. The maximum absolute atomic E-state index is 13.6. The van der Waals surface area contributed by atoms with Crippen LogP contribution in [-0.2, 0) is 19.1 Å². The van der Waals surface area contributed by atoms with Crippen molar-refractivity contribution in [2.45, 2.75) is 12.5 Å². The number of aliphatic carboxylic acids is 2. The molecule has 12 nitrogen and oxygen atoms in total. The van der Waals surface area contributed by atoms with Crippen LogP contribution in [-0.4, -0.2) is 82.9 Å². The first-order valence-corrected chi connectivity index (χ1v) is 12.9. The minimum atomic E-state index is -1.26. The average Bonchev–Trinajstić information content (AvgIpc) is 3.43. The maximum Gasteiger partial charge on any atom is 0.328 e. The third-order valence-electron chi connectivity index (χ3n) is 5.47. The number of carbonyl (C=O) groups is 3. The molecule has 0 saturated carbocycles. The number of aromatic nitrogens is 2. The van der Waals surface area contributed by atoms with E-state index >= 15 is 0 Å². The zero-order chi connectivity index (χ0) is 30.6. The van der Waals surface area contributed by atoms with Crippen LogP contribution in [0.4, 0.5) is 21.6 Å². The van der Waals surface area contributed by atoms with Crippen molar-refractivity contribution in [1.29, 1.82) is 0 Å². The molecule has 0 bridgehead atoms. The van der Waals surface area contributed by atoms with E-state index in [4.69, 9.17) is 31.3 Å². The van der Waals surface area contributed by atoms with E-state index in [9.17, 15) is 18.8 Å². The van der Waals surface area contributed by atoms with Gasteiger partial charge in [-0.1, -0.05) is 17.7 Å². The van der Waals surface area contributed by atoms with Gasteiger partial charge in [-0.2, -0.15) is 0 Å². The quantitative estimate of drug-likeness (QED) is 0.247. The fourth-order valence-corrected chi connectivity index (χ4v) is 3.74. The first-order chi connectivity index (χ1) is 20.0. The summed E-state index contributed by atoms with van der Waals surface area (Å²) in [6, 6.07) is 7.82. The average molecular weight is 602 g/mol. The third-order valence-corrected chi connectivity index (χ3v) is 5.76. The predicted molar refractivity (Wildman–Crippen MR) is 155 cm³/mol.